The summed E-state index contributed by atoms with van der Waals surface area (Å²) in [6, 6.07) is 8.57. The van der Waals surface area contributed by atoms with Gasteiger partial charge in [-0.2, -0.15) is 0 Å². The highest BCUT2D eigenvalue weighted by atomic mass is 32.2. The summed E-state index contributed by atoms with van der Waals surface area (Å²) in [4.78, 5) is 1.13. The Hall–Kier alpha value is -0.520. The summed E-state index contributed by atoms with van der Waals surface area (Å²) in [5.74, 6) is 1.18. The summed E-state index contributed by atoms with van der Waals surface area (Å²) in [6.07, 6.45) is 0.697. The van der Waals surface area contributed by atoms with E-state index in [4.69, 9.17) is 0 Å². The molecule has 1 aromatic carbocycles. The molecular weight excluding hydrogens is 278 g/mol. The van der Waals surface area contributed by atoms with Crippen molar-refractivity contribution in [1.29, 1.82) is 0 Å². The van der Waals surface area contributed by atoms with Crippen molar-refractivity contribution in [2.24, 2.45) is 0 Å². The number of thioether (sulfide) groups is 1. The predicted octanol–water partition coefficient (Wildman–Crippen LogP) is 2.88. The average Bonchev–Trinajstić information content (AvgIpc) is 2.38. The summed E-state index contributed by atoms with van der Waals surface area (Å²) in [5.41, 5.74) is 1.23. The molecule has 0 heterocycles. The molecule has 108 valence electrons. The molecule has 0 bridgehead atoms. The second-order valence-electron chi connectivity index (χ2n) is 4.58. The Bertz CT molecular complexity index is 486. The van der Waals surface area contributed by atoms with E-state index in [2.05, 4.69) is 24.4 Å². The second kappa shape index (κ2) is 7.92. The Morgan fingerprint density at radius 3 is 2.68 bits per heavy atom. The van der Waals surface area contributed by atoms with Crippen LogP contribution >= 0.6 is 11.8 Å². The third-order valence-electron chi connectivity index (χ3n) is 2.97. The Morgan fingerprint density at radius 1 is 1.32 bits per heavy atom. The van der Waals surface area contributed by atoms with E-state index < -0.39 is 9.84 Å². The van der Waals surface area contributed by atoms with Gasteiger partial charge in [0.25, 0.3) is 0 Å². The van der Waals surface area contributed by atoms with Crippen LogP contribution in [0.1, 0.15) is 31.9 Å². The first kappa shape index (κ1) is 16.5. The maximum atomic E-state index is 11.6. The van der Waals surface area contributed by atoms with E-state index in [-0.39, 0.29) is 5.75 Å². The van der Waals surface area contributed by atoms with E-state index in [1.54, 1.807) is 11.8 Å². The number of nitrogens with one attached hydrogen (secondary N) is 1. The summed E-state index contributed by atoms with van der Waals surface area (Å²) >= 11 is 1.61. The van der Waals surface area contributed by atoms with Crippen LogP contribution in [-0.2, 0) is 9.84 Å². The van der Waals surface area contributed by atoms with Crippen LogP contribution in [-0.4, -0.2) is 32.7 Å². The molecule has 0 fully saturated rings. The summed E-state index contributed by atoms with van der Waals surface area (Å²) in [6.45, 7) is 4.00. The summed E-state index contributed by atoms with van der Waals surface area (Å²) in [5, 5.41) is 3.20. The highest BCUT2D eigenvalue weighted by Crippen LogP contribution is 2.22. The molecule has 1 N–H and O–H groups in total. The van der Waals surface area contributed by atoms with E-state index in [1.807, 2.05) is 26.1 Å². The van der Waals surface area contributed by atoms with Crippen molar-refractivity contribution in [3.05, 3.63) is 29.8 Å². The van der Waals surface area contributed by atoms with Crippen LogP contribution in [0.4, 0.5) is 0 Å². The van der Waals surface area contributed by atoms with Crippen LogP contribution < -0.4 is 5.32 Å². The van der Waals surface area contributed by atoms with Gasteiger partial charge in [-0.1, -0.05) is 19.1 Å². The van der Waals surface area contributed by atoms with Gasteiger partial charge in [0.15, 0.2) is 9.84 Å². The van der Waals surface area contributed by atoms with E-state index >= 15 is 0 Å². The highest BCUT2D eigenvalue weighted by molar-refractivity contribution is 8.00. The predicted molar refractivity (Wildman–Crippen MR) is 83.6 cm³/mol. The third kappa shape index (κ3) is 5.97. The van der Waals surface area contributed by atoms with Crippen LogP contribution in [0.5, 0.6) is 0 Å². The highest BCUT2D eigenvalue weighted by Gasteiger charge is 2.09. The molecule has 0 saturated heterocycles. The van der Waals surface area contributed by atoms with Gasteiger partial charge >= 0.3 is 0 Å². The first-order valence-corrected chi connectivity index (χ1v) is 9.39. The molecule has 3 nitrogen and oxygen atoms in total. The van der Waals surface area contributed by atoms with Crippen LogP contribution in [0, 0.1) is 0 Å². The van der Waals surface area contributed by atoms with Gasteiger partial charge in [0.05, 0.1) is 5.75 Å². The lowest BCUT2D eigenvalue weighted by atomic mass is 10.1. The number of hydrogen-bond donors (Lipinski definition) is 1. The average molecular weight is 301 g/mol. The van der Waals surface area contributed by atoms with E-state index in [0.717, 1.165) is 4.90 Å². The Morgan fingerprint density at radius 2 is 2.05 bits per heavy atom. The quantitative estimate of drug-likeness (QED) is 0.750. The summed E-state index contributed by atoms with van der Waals surface area (Å²) < 4.78 is 23.2. The molecule has 0 aliphatic rings. The standard InChI is InChI=1S/C14H23NO2S2/c1-4-9-19(16,17)10-8-18-14-7-5-6-13(11-14)12(2)15-3/h5-7,11-12,15H,4,8-10H2,1-3H3. The number of benzene rings is 1. The molecule has 1 rings (SSSR count). The molecule has 0 amide bonds. The fourth-order valence-corrected chi connectivity index (χ4v) is 4.55. The van der Waals surface area contributed by atoms with E-state index in [1.165, 1.54) is 5.56 Å². The van der Waals surface area contributed by atoms with Crippen LogP contribution in [0.15, 0.2) is 29.2 Å². The zero-order valence-electron chi connectivity index (χ0n) is 11.8. The third-order valence-corrected chi connectivity index (χ3v) is 6.08. The molecule has 0 spiro atoms. The minimum absolute atomic E-state index is 0.261. The zero-order chi connectivity index (χ0) is 14.3. The largest absolute Gasteiger partial charge is 0.313 e. The first-order chi connectivity index (χ1) is 8.98. The monoisotopic (exact) mass is 301 g/mol. The van der Waals surface area contributed by atoms with Gasteiger partial charge in [-0.3, -0.25) is 0 Å². The van der Waals surface area contributed by atoms with Crippen molar-refractivity contribution in [3.8, 4) is 0 Å². The van der Waals surface area contributed by atoms with Gasteiger partial charge in [-0.25, -0.2) is 8.42 Å². The van der Waals surface area contributed by atoms with Gasteiger partial charge in [-0.05, 0) is 38.1 Å². The Balaban J connectivity index is 2.54. The van der Waals surface area contributed by atoms with E-state index in [9.17, 15) is 8.42 Å². The van der Waals surface area contributed by atoms with Crippen molar-refractivity contribution >= 4 is 21.6 Å². The summed E-state index contributed by atoms with van der Waals surface area (Å²) in [7, 11) is -0.934. The molecule has 0 saturated carbocycles. The topological polar surface area (TPSA) is 46.2 Å². The molecule has 0 aliphatic heterocycles. The van der Waals surface area contributed by atoms with Crippen molar-refractivity contribution in [1.82, 2.24) is 5.32 Å². The molecule has 1 unspecified atom stereocenters. The van der Waals surface area contributed by atoms with Crippen molar-refractivity contribution in [2.75, 3.05) is 24.3 Å². The molecule has 0 radical (unpaired) electrons. The molecule has 5 heteroatoms. The number of sulfone groups is 1. The molecule has 1 atom stereocenters. The number of hydrogen-bond acceptors (Lipinski definition) is 4. The lowest BCUT2D eigenvalue weighted by Crippen LogP contribution is -2.13. The Kier molecular flexibility index (Phi) is 6.89. The minimum atomic E-state index is -2.87. The SMILES string of the molecule is CCCS(=O)(=O)CCSc1cccc(C(C)NC)c1. The molecule has 0 aliphatic carbocycles. The fraction of sp³-hybridized carbons (Fsp3) is 0.571. The van der Waals surface area contributed by atoms with Gasteiger partial charge < -0.3 is 5.32 Å². The molecular formula is C14H23NO2S2. The Labute approximate surface area is 121 Å². The molecule has 1 aromatic rings. The number of rotatable bonds is 8. The van der Waals surface area contributed by atoms with Crippen molar-refractivity contribution in [2.45, 2.75) is 31.2 Å². The maximum Gasteiger partial charge on any atom is 0.151 e. The molecule has 19 heavy (non-hydrogen) atoms. The van der Waals surface area contributed by atoms with Crippen LogP contribution in [0.25, 0.3) is 0 Å². The van der Waals surface area contributed by atoms with Crippen molar-refractivity contribution in [3.63, 3.8) is 0 Å². The lowest BCUT2D eigenvalue weighted by molar-refractivity contribution is 0.596. The van der Waals surface area contributed by atoms with Gasteiger partial charge in [0.2, 0.25) is 0 Å². The minimum Gasteiger partial charge on any atom is -0.313 e. The smallest absolute Gasteiger partial charge is 0.151 e. The maximum absolute atomic E-state index is 11.6. The second-order valence-corrected chi connectivity index (χ2v) is 8.06. The normalized spacial score (nSPS) is 13.4. The van der Waals surface area contributed by atoms with Crippen LogP contribution in [0.2, 0.25) is 0 Å². The fourth-order valence-electron chi connectivity index (χ4n) is 1.74. The van der Waals surface area contributed by atoms with Crippen LogP contribution in [0.3, 0.4) is 0 Å². The zero-order valence-corrected chi connectivity index (χ0v) is 13.5. The lowest BCUT2D eigenvalue weighted by Gasteiger charge is -2.11. The molecule has 0 aromatic heterocycles. The first-order valence-electron chi connectivity index (χ1n) is 6.59. The van der Waals surface area contributed by atoms with E-state index in [0.29, 0.717) is 24.0 Å². The van der Waals surface area contributed by atoms with Gasteiger partial charge in [-0.15, -0.1) is 11.8 Å². The van der Waals surface area contributed by atoms with Crippen molar-refractivity contribution < 1.29 is 8.42 Å². The van der Waals surface area contributed by atoms with Gasteiger partial charge in [0, 0.05) is 22.4 Å². The van der Waals surface area contributed by atoms with Gasteiger partial charge in [0.1, 0.15) is 0 Å².